The quantitative estimate of drug-likeness (QED) is 0.637. The van der Waals surface area contributed by atoms with Crippen LogP contribution in [0, 0.1) is 20.2 Å². The summed E-state index contributed by atoms with van der Waals surface area (Å²) >= 11 is 0. The number of benzene rings is 2. The van der Waals surface area contributed by atoms with Crippen molar-refractivity contribution >= 4 is 23.0 Å². The fourth-order valence-electron chi connectivity index (χ4n) is 1.92. The molecule has 0 radical (unpaired) electrons. The van der Waals surface area contributed by atoms with Gasteiger partial charge in [-0.15, -0.1) is 0 Å². The maximum Gasteiger partial charge on any atom is 0.346 e. The molecule has 8 nitrogen and oxygen atoms in total. The van der Waals surface area contributed by atoms with Gasteiger partial charge in [-0.25, -0.2) is 0 Å². The number of nitro benzene ring substituents is 2. The van der Waals surface area contributed by atoms with Crippen molar-refractivity contribution in [2.75, 3.05) is 11.9 Å². The van der Waals surface area contributed by atoms with Crippen molar-refractivity contribution in [1.29, 1.82) is 0 Å². The maximum absolute atomic E-state index is 12.3. The molecule has 112 valence electrons. The van der Waals surface area contributed by atoms with E-state index in [2.05, 4.69) is 0 Å². The van der Waals surface area contributed by atoms with E-state index >= 15 is 0 Å². The summed E-state index contributed by atoms with van der Waals surface area (Å²) in [4.78, 5) is 33.6. The zero-order valence-corrected chi connectivity index (χ0v) is 11.5. The van der Waals surface area contributed by atoms with Crippen LogP contribution in [0.2, 0.25) is 0 Å². The molecule has 8 heteroatoms. The van der Waals surface area contributed by atoms with Crippen LogP contribution in [0.4, 0.5) is 17.1 Å². The molecule has 0 fully saturated rings. The molecule has 0 bridgehead atoms. The Morgan fingerprint density at radius 1 is 0.955 bits per heavy atom. The molecular weight excluding hydrogens is 290 g/mol. The van der Waals surface area contributed by atoms with Gasteiger partial charge in [0.05, 0.1) is 9.85 Å². The van der Waals surface area contributed by atoms with Crippen LogP contribution in [0.25, 0.3) is 0 Å². The number of hydrogen-bond acceptors (Lipinski definition) is 5. The Morgan fingerprint density at radius 2 is 1.55 bits per heavy atom. The van der Waals surface area contributed by atoms with Gasteiger partial charge < -0.3 is 4.90 Å². The van der Waals surface area contributed by atoms with E-state index < -0.39 is 27.1 Å². The molecule has 2 rings (SSSR count). The SMILES string of the molecule is CN(C(=O)c1ccc([N+](=O)[O-])c([N+](=O)[O-])c1)c1ccccc1. The monoisotopic (exact) mass is 301 g/mol. The van der Waals surface area contributed by atoms with Gasteiger partial charge in [0.2, 0.25) is 0 Å². The third-order valence-corrected chi connectivity index (χ3v) is 3.06. The fourth-order valence-corrected chi connectivity index (χ4v) is 1.92. The summed E-state index contributed by atoms with van der Waals surface area (Å²) in [5, 5.41) is 21.7. The third-order valence-electron chi connectivity index (χ3n) is 3.06. The van der Waals surface area contributed by atoms with Crippen molar-refractivity contribution in [1.82, 2.24) is 0 Å². The first-order valence-electron chi connectivity index (χ1n) is 6.17. The van der Waals surface area contributed by atoms with Gasteiger partial charge in [0.1, 0.15) is 0 Å². The van der Waals surface area contributed by atoms with Crippen molar-refractivity contribution in [3.8, 4) is 0 Å². The van der Waals surface area contributed by atoms with Gasteiger partial charge in [0.25, 0.3) is 5.91 Å². The first-order chi connectivity index (χ1) is 10.4. The van der Waals surface area contributed by atoms with Crippen LogP contribution in [0.1, 0.15) is 10.4 Å². The largest absolute Gasteiger partial charge is 0.346 e. The number of nitrogens with zero attached hydrogens (tertiary/aromatic N) is 3. The summed E-state index contributed by atoms with van der Waals surface area (Å²) in [5.41, 5.74) is -0.751. The highest BCUT2D eigenvalue weighted by molar-refractivity contribution is 6.06. The van der Waals surface area contributed by atoms with Gasteiger partial charge in [-0.2, -0.15) is 0 Å². The lowest BCUT2D eigenvalue weighted by atomic mass is 10.1. The molecule has 0 atom stereocenters. The van der Waals surface area contributed by atoms with Crippen LogP contribution in [-0.2, 0) is 0 Å². The van der Waals surface area contributed by atoms with E-state index in [0.717, 1.165) is 12.1 Å². The van der Waals surface area contributed by atoms with Crippen LogP contribution in [0.5, 0.6) is 0 Å². The zero-order valence-electron chi connectivity index (χ0n) is 11.5. The number of para-hydroxylation sites is 1. The van der Waals surface area contributed by atoms with E-state index in [1.165, 1.54) is 18.0 Å². The lowest BCUT2D eigenvalue weighted by Crippen LogP contribution is -2.26. The molecule has 0 heterocycles. The Labute approximate surface area is 124 Å². The Balaban J connectivity index is 2.41. The highest BCUT2D eigenvalue weighted by Crippen LogP contribution is 2.28. The van der Waals surface area contributed by atoms with Crippen molar-refractivity contribution in [2.45, 2.75) is 0 Å². The highest BCUT2D eigenvalue weighted by atomic mass is 16.6. The van der Waals surface area contributed by atoms with Gasteiger partial charge in [0, 0.05) is 30.4 Å². The number of anilines is 1. The van der Waals surface area contributed by atoms with Gasteiger partial charge in [0.15, 0.2) is 0 Å². The Hall–Kier alpha value is -3.29. The summed E-state index contributed by atoms with van der Waals surface area (Å²) < 4.78 is 0. The van der Waals surface area contributed by atoms with E-state index in [4.69, 9.17) is 0 Å². The van der Waals surface area contributed by atoms with E-state index in [1.54, 1.807) is 30.3 Å². The second kappa shape index (κ2) is 6.00. The van der Waals surface area contributed by atoms with Crippen molar-refractivity contribution in [3.63, 3.8) is 0 Å². The molecule has 0 aliphatic rings. The van der Waals surface area contributed by atoms with Crippen LogP contribution >= 0.6 is 0 Å². The summed E-state index contributed by atoms with van der Waals surface area (Å²) in [5.74, 6) is -0.496. The minimum Gasteiger partial charge on any atom is -0.311 e. The molecule has 1 amide bonds. The number of carbonyl (C=O) groups is 1. The first kappa shape index (κ1) is 15.1. The summed E-state index contributed by atoms with van der Waals surface area (Å²) in [6.45, 7) is 0. The molecule has 0 aromatic heterocycles. The topological polar surface area (TPSA) is 107 Å². The molecule has 0 aliphatic heterocycles. The van der Waals surface area contributed by atoms with Crippen LogP contribution in [-0.4, -0.2) is 22.8 Å². The standard InChI is InChI=1S/C14H11N3O5/c1-15(11-5-3-2-4-6-11)14(18)10-7-8-12(16(19)20)13(9-10)17(21)22/h2-9H,1H3. The predicted octanol–water partition coefficient (Wildman–Crippen LogP) is 2.78. The lowest BCUT2D eigenvalue weighted by Gasteiger charge is -2.17. The first-order valence-corrected chi connectivity index (χ1v) is 6.17. The average Bonchev–Trinajstić information content (AvgIpc) is 2.53. The third kappa shape index (κ3) is 2.90. The van der Waals surface area contributed by atoms with Gasteiger partial charge >= 0.3 is 11.4 Å². The normalized spacial score (nSPS) is 10.0. The number of carbonyl (C=O) groups excluding carboxylic acids is 1. The maximum atomic E-state index is 12.3. The molecule has 0 aliphatic carbocycles. The second-order valence-electron chi connectivity index (χ2n) is 4.42. The van der Waals surface area contributed by atoms with E-state index in [0.29, 0.717) is 5.69 Å². The van der Waals surface area contributed by atoms with Crippen LogP contribution in [0.3, 0.4) is 0 Å². The molecule has 0 N–H and O–H groups in total. The van der Waals surface area contributed by atoms with Gasteiger partial charge in [-0.05, 0) is 18.2 Å². The smallest absolute Gasteiger partial charge is 0.311 e. The lowest BCUT2D eigenvalue weighted by molar-refractivity contribution is -0.422. The molecule has 0 saturated carbocycles. The Morgan fingerprint density at radius 3 is 2.09 bits per heavy atom. The predicted molar refractivity (Wildman–Crippen MR) is 78.9 cm³/mol. The molecule has 0 saturated heterocycles. The molecule has 0 spiro atoms. The van der Waals surface area contributed by atoms with Crippen LogP contribution < -0.4 is 4.90 Å². The van der Waals surface area contributed by atoms with Crippen molar-refractivity contribution < 1.29 is 14.6 Å². The number of nitro groups is 2. The minimum absolute atomic E-state index is 0.00338. The van der Waals surface area contributed by atoms with Crippen molar-refractivity contribution in [2.24, 2.45) is 0 Å². The molecule has 0 unspecified atom stereocenters. The van der Waals surface area contributed by atoms with Gasteiger partial charge in [-0.1, -0.05) is 18.2 Å². The van der Waals surface area contributed by atoms with E-state index in [9.17, 15) is 25.0 Å². The van der Waals surface area contributed by atoms with E-state index in [-0.39, 0.29) is 5.56 Å². The summed E-state index contributed by atoms with van der Waals surface area (Å²) in [6, 6.07) is 11.8. The zero-order chi connectivity index (χ0) is 16.3. The molecule has 2 aromatic rings. The average molecular weight is 301 g/mol. The number of amides is 1. The number of hydrogen-bond donors (Lipinski definition) is 0. The van der Waals surface area contributed by atoms with Crippen LogP contribution in [0.15, 0.2) is 48.5 Å². The minimum atomic E-state index is -0.878. The second-order valence-corrected chi connectivity index (χ2v) is 4.42. The Kier molecular flexibility index (Phi) is 4.12. The molecular formula is C14H11N3O5. The van der Waals surface area contributed by atoms with Crippen molar-refractivity contribution in [3.05, 3.63) is 74.3 Å². The summed E-state index contributed by atoms with van der Waals surface area (Å²) in [7, 11) is 1.52. The molecule has 2 aromatic carbocycles. The molecule has 22 heavy (non-hydrogen) atoms. The van der Waals surface area contributed by atoms with E-state index in [1.807, 2.05) is 0 Å². The summed E-state index contributed by atoms with van der Waals surface area (Å²) in [6.07, 6.45) is 0. The Bertz CT molecular complexity index is 745. The highest BCUT2D eigenvalue weighted by Gasteiger charge is 2.26. The fraction of sp³-hybridized carbons (Fsp3) is 0.0714. The number of rotatable bonds is 4. The van der Waals surface area contributed by atoms with Gasteiger partial charge in [-0.3, -0.25) is 25.0 Å².